The molecule has 0 aliphatic rings. The number of aromatic nitrogens is 3. The van der Waals surface area contributed by atoms with Crippen LogP contribution in [0.5, 0.6) is 0 Å². The highest BCUT2D eigenvalue weighted by Crippen LogP contribution is 2.21. The van der Waals surface area contributed by atoms with Crippen LogP contribution < -0.4 is 5.32 Å². The molecule has 2 aromatic rings. The van der Waals surface area contributed by atoms with Crippen LogP contribution in [0, 0.1) is 6.92 Å². The van der Waals surface area contributed by atoms with Crippen LogP contribution in [0.15, 0.2) is 11.6 Å². The van der Waals surface area contributed by atoms with E-state index in [2.05, 4.69) is 41.0 Å². The zero-order chi connectivity index (χ0) is 13.1. The van der Waals surface area contributed by atoms with Crippen molar-refractivity contribution in [1.29, 1.82) is 0 Å². The smallest absolute Gasteiger partial charge is 0.133 e. The summed E-state index contributed by atoms with van der Waals surface area (Å²) >= 11 is 1.66. The lowest BCUT2D eigenvalue weighted by Gasteiger charge is -2.13. The second-order valence-corrected chi connectivity index (χ2v) is 5.49. The third kappa shape index (κ3) is 2.67. The van der Waals surface area contributed by atoms with Crippen LogP contribution in [0.1, 0.15) is 41.9 Å². The SMILES string of the molecule is CNc1nc(C(C)C)nc(Cc2nccs2)c1C. The molecular weight excluding hydrogens is 244 g/mol. The van der Waals surface area contributed by atoms with Crippen LogP contribution in [0.25, 0.3) is 0 Å². The van der Waals surface area contributed by atoms with Gasteiger partial charge in [0, 0.05) is 36.5 Å². The van der Waals surface area contributed by atoms with Gasteiger partial charge in [0.25, 0.3) is 0 Å². The van der Waals surface area contributed by atoms with Crippen molar-refractivity contribution in [3.8, 4) is 0 Å². The van der Waals surface area contributed by atoms with Gasteiger partial charge in [-0.1, -0.05) is 13.8 Å². The van der Waals surface area contributed by atoms with E-state index in [0.29, 0.717) is 5.92 Å². The Morgan fingerprint density at radius 2 is 2.11 bits per heavy atom. The molecule has 0 aliphatic heterocycles. The summed E-state index contributed by atoms with van der Waals surface area (Å²) in [6.07, 6.45) is 2.61. The van der Waals surface area contributed by atoms with E-state index in [1.807, 2.05) is 18.6 Å². The number of hydrogen-bond donors (Lipinski definition) is 1. The summed E-state index contributed by atoms with van der Waals surface area (Å²) in [4.78, 5) is 13.5. The molecular formula is C13H18N4S. The summed E-state index contributed by atoms with van der Waals surface area (Å²) in [7, 11) is 1.90. The van der Waals surface area contributed by atoms with Crippen molar-refractivity contribution < 1.29 is 0 Å². The normalized spacial score (nSPS) is 10.9. The van der Waals surface area contributed by atoms with Gasteiger partial charge in [-0.2, -0.15) is 0 Å². The van der Waals surface area contributed by atoms with Gasteiger partial charge in [0.05, 0.1) is 10.7 Å². The second kappa shape index (κ2) is 5.44. The fourth-order valence-electron chi connectivity index (χ4n) is 1.74. The number of anilines is 1. The maximum absolute atomic E-state index is 4.67. The molecule has 0 fully saturated rings. The largest absolute Gasteiger partial charge is 0.373 e. The molecule has 0 unspecified atom stereocenters. The molecule has 0 bridgehead atoms. The highest BCUT2D eigenvalue weighted by molar-refractivity contribution is 7.09. The Balaban J connectivity index is 2.41. The minimum absolute atomic E-state index is 0.327. The number of hydrogen-bond acceptors (Lipinski definition) is 5. The van der Waals surface area contributed by atoms with Crippen LogP contribution >= 0.6 is 11.3 Å². The van der Waals surface area contributed by atoms with Gasteiger partial charge >= 0.3 is 0 Å². The van der Waals surface area contributed by atoms with Gasteiger partial charge in [-0.15, -0.1) is 11.3 Å². The molecule has 0 aliphatic carbocycles. The van der Waals surface area contributed by atoms with Crippen LogP contribution in [-0.2, 0) is 6.42 Å². The van der Waals surface area contributed by atoms with Gasteiger partial charge in [-0.3, -0.25) is 0 Å². The molecule has 0 saturated heterocycles. The molecule has 0 spiro atoms. The first-order chi connectivity index (χ1) is 8.61. The maximum atomic E-state index is 4.67. The minimum atomic E-state index is 0.327. The summed E-state index contributed by atoms with van der Waals surface area (Å²) in [5, 5.41) is 6.23. The van der Waals surface area contributed by atoms with Gasteiger partial charge in [-0.05, 0) is 6.92 Å². The first-order valence-electron chi connectivity index (χ1n) is 6.05. The lowest BCUT2D eigenvalue weighted by atomic mass is 10.1. The average Bonchev–Trinajstić information content (AvgIpc) is 2.84. The highest BCUT2D eigenvalue weighted by Gasteiger charge is 2.13. The summed E-state index contributed by atoms with van der Waals surface area (Å²) in [6.45, 7) is 6.27. The van der Waals surface area contributed by atoms with Gasteiger partial charge in [0.15, 0.2) is 0 Å². The molecule has 2 aromatic heterocycles. The first-order valence-corrected chi connectivity index (χ1v) is 6.93. The van der Waals surface area contributed by atoms with E-state index in [0.717, 1.165) is 34.3 Å². The van der Waals surface area contributed by atoms with Crippen LogP contribution in [0.3, 0.4) is 0 Å². The Morgan fingerprint density at radius 1 is 1.33 bits per heavy atom. The van der Waals surface area contributed by atoms with Crippen molar-refractivity contribution >= 4 is 17.2 Å². The van der Waals surface area contributed by atoms with E-state index in [4.69, 9.17) is 0 Å². The summed E-state index contributed by atoms with van der Waals surface area (Å²) in [5.41, 5.74) is 2.17. The molecule has 2 heterocycles. The number of nitrogens with zero attached hydrogens (tertiary/aromatic N) is 3. The summed E-state index contributed by atoms with van der Waals surface area (Å²) < 4.78 is 0. The topological polar surface area (TPSA) is 50.7 Å². The van der Waals surface area contributed by atoms with Crippen molar-refractivity contribution in [2.75, 3.05) is 12.4 Å². The molecule has 96 valence electrons. The Morgan fingerprint density at radius 3 is 2.67 bits per heavy atom. The summed E-state index contributed by atoms with van der Waals surface area (Å²) in [5.74, 6) is 2.13. The van der Waals surface area contributed by atoms with Crippen LogP contribution in [-0.4, -0.2) is 22.0 Å². The van der Waals surface area contributed by atoms with E-state index < -0.39 is 0 Å². The lowest BCUT2D eigenvalue weighted by molar-refractivity contribution is 0.758. The molecule has 2 rings (SSSR count). The molecule has 0 amide bonds. The van der Waals surface area contributed by atoms with E-state index in [1.165, 1.54) is 0 Å². The minimum Gasteiger partial charge on any atom is -0.373 e. The molecule has 0 radical (unpaired) electrons. The number of rotatable bonds is 4. The van der Waals surface area contributed by atoms with Crippen LogP contribution in [0.2, 0.25) is 0 Å². The molecule has 5 heteroatoms. The lowest BCUT2D eigenvalue weighted by Crippen LogP contribution is -2.09. The second-order valence-electron chi connectivity index (χ2n) is 4.51. The van der Waals surface area contributed by atoms with Crippen molar-refractivity contribution in [1.82, 2.24) is 15.0 Å². The van der Waals surface area contributed by atoms with Crippen molar-refractivity contribution in [2.24, 2.45) is 0 Å². The molecule has 1 N–H and O–H groups in total. The summed E-state index contributed by atoms with van der Waals surface area (Å²) in [6, 6.07) is 0. The maximum Gasteiger partial charge on any atom is 0.133 e. The van der Waals surface area contributed by atoms with E-state index in [1.54, 1.807) is 11.3 Å². The fraction of sp³-hybridized carbons (Fsp3) is 0.462. The molecule has 18 heavy (non-hydrogen) atoms. The predicted molar refractivity (Wildman–Crippen MR) is 75.3 cm³/mol. The third-order valence-electron chi connectivity index (χ3n) is 2.82. The Labute approximate surface area is 112 Å². The van der Waals surface area contributed by atoms with Crippen molar-refractivity contribution in [3.63, 3.8) is 0 Å². The predicted octanol–water partition coefficient (Wildman–Crippen LogP) is 3.00. The Kier molecular flexibility index (Phi) is 3.91. The molecule has 0 aromatic carbocycles. The van der Waals surface area contributed by atoms with E-state index in [9.17, 15) is 0 Å². The fourth-order valence-corrected chi connectivity index (χ4v) is 2.36. The molecule has 0 saturated carbocycles. The standard InChI is InChI=1S/C13H18N4S/c1-8(2)12-16-10(7-11-15-5-6-18-11)9(3)13(14-4)17-12/h5-6,8H,7H2,1-4H3,(H,14,16,17). The van der Waals surface area contributed by atoms with E-state index >= 15 is 0 Å². The van der Waals surface area contributed by atoms with Crippen LogP contribution in [0.4, 0.5) is 5.82 Å². The van der Waals surface area contributed by atoms with Gasteiger partial charge in [0.1, 0.15) is 11.6 Å². The van der Waals surface area contributed by atoms with Gasteiger partial charge in [-0.25, -0.2) is 15.0 Å². The molecule has 4 nitrogen and oxygen atoms in total. The van der Waals surface area contributed by atoms with Crippen molar-refractivity contribution in [3.05, 3.63) is 33.7 Å². The van der Waals surface area contributed by atoms with Gasteiger partial charge < -0.3 is 5.32 Å². The Bertz CT molecular complexity index is 520. The number of nitrogens with one attached hydrogen (secondary N) is 1. The van der Waals surface area contributed by atoms with E-state index in [-0.39, 0.29) is 0 Å². The monoisotopic (exact) mass is 262 g/mol. The van der Waals surface area contributed by atoms with Crippen molar-refractivity contribution in [2.45, 2.75) is 33.1 Å². The zero-order valence-corrected chi connectivity index (χ0v) is 12.0. The third-order valence-corrected chi connectivity index (χ3v) is 3.60. The zero-order valence-electron chi connectivity index (χ0n) is 11.2. The first kappa shape index (κ1) is 13.0. The Hall–Kier alpha value is -1.49. The highest BCUT2D eigenvalue weighted by atomic mass is 32.1. The van der Waals surface area contributed by atoms with Gasteiger partial charge in [0.2, 0.25) is 0 Å². The quantitative estimate of drug-likeness (QED) is 0.920. The number of thiazole rings is 1. The molecule has 0 atom stereocenters. The average molecular weight is 262 g/mol.